The van der Waals surface area contributed by atoms with Gasteiger partial charge in [0.25, 0.3) is 5.92 Å². The molecule has 3 fully saturated rings. The van der Waals surface area contributed by atoms with Crippen molar-refractivity contribution in [3.63, 3.8) is 0 Å². The van der Waals surface area contributed by atoms with Gasteiger partial charge >= 0.3 is 0 Å². The first-order chi connectivity index (χ1) is 13.3. The second-order valence-electron chi connectivity index (χ2n) is 8.19. The zero-order valence-electron chi connectivity index (χ0n) is 16.3. The molecule has 2 N–H and O–H groups in total. The van der Waals surface area contributed by atoms with Crippen LogP contribution in [-0.4, -0.2) is 71.5 Å². The summed E-state index contributed by atoms with van der Waals surface area (Å²) in [6, 6.07) is 1.59. The fourth-order valence-electron chi connectivity index (χ4n) is 4.53. The lowest BCUT2D eigenvalue weighted by molar-refractivity contribution is -0.135. The van der Waals surface area contributed by atoms with Gasteiger partial charge in [-0.1, -0.05) is 0 Å². The minimum Gasteiger partial charge on any atom is -0.353 e. The molecular weight excluding hydrogens is 366 g/mol. The number of carbonyl (C=O) groups excluding carboxylic acids is 1. The molecule has 1 aromatic rings. The first-order valence-corrected chi connectivity index (χ1v) is 10.1. The Labute approximate surface area is 163 Å². The quantitative estimate of drug-likeness (QED) is 0.838. The van der Waals surface area contributed by atoms with Crippen LogP contribution in [0.3, 0.4) is 0 Å². The van der Waals surface area contributed by atoms with E-state index in [-0.39, 0.29) is 31.0 Å². The molecule has 154 valence electrons. The maximum Gasteiger partial charge on any atom is 0.265 e. The molecule has 1 aromatic heterocycles. The van der Waals surface area contributed by atoms with Gasteiger partial charge in [0.2, 0.25) is 5.91 Å². The van der Waals surface area contributed by atoms with Crippen LogP contribution in [0.5, 0.6) is 0 Å². The summed E-state index contributed by atoms with van der Waals surface area (Å²) in [6.07, 6.45) is 2.90. The average molecular weight is 394 g/mol. The largest absolute Gasteiger partial charge is 0.353 e. The summed E-state index contributed by atoms with van der Waals surface area (Å²) in [6.45, 7) is 3.97. The van der Waals surface area contributed by atoms with E-state index in [1.54, 1.807) is 17.9 Å². The van der Waals surface area contributed by atoms with Crippen molar-refractivity contribution < 1.29 is 13.6 Å². The van der Waals surface area contributed by atoms with Crippen molar-refractivity contribution in [2.75, 3.05) is 42.5 Å². The number of alkyl halides is 2. The second-order valence-corrected chi connectivity index (χ2v) is 8.19. The minimum absolute atomic E-state index is 0.0363. The summed E-state index contributed by atoms with van der Waals surface area (Å²) in [7, 11) is 0. The van der Waals surface area contributed by atoms with E-state index in [9.17, 15) is 13.6 Å². The topological polar surface area (TPSA) is 78.6 Å². The van der Waals surface area contributed by atoms with Gasteiger partial charge in [-0.3, -0.25) is 4.79 Å². The van der Waals surface area contributed by atoms with Gasteiger partial charge in [0, 0.05) is 51.1 Å². The summed E-state index contributed by atoms with van der Waals surface area (Å²) in [5.41, 5.74) is 6.37. The van der Waals surface area contributed by atoms with Crippen LogP contribution >= 0.6 is 0 Å². The lowest BCUT2D eigenvalue weighted by atomic mass is 10.1. The number of rotatable bonds is 3. The van der Waals surface area contributed by atoms with Crippen molar-refractivity contribution >= 4 is 17.5 Å². The van der Waals surface area contributed by atoms with Crippen LogP contribution in [0.25, 0.3) is 0 Å². The first-order valence-electron chi connectivity index (χ1n) is 10.1. The first kappa shape index (κ1) is 19.3. The molecule has 0 unspecified atom stereocenters. The number of nitrogens with two attached hydrogens (primary N) is 1. The van der Waals surface area contributed by atoms with E-state index >= 15 is 0 Å². The molecule has 4 rings (SSSR count). The molecule has 7 nitrogen and oxygen atoms in total. The van der Waals surface area contributed by atoms with E-state index in [0.717, 1.165) is 19.4 Å². The maximum atomic E-state index is 13.8. The summed E-state index contributed by atoms with van der Waals surface area (Å²) < 4.78 is 27.7. The highest BCUT2D eigenvalue weighted by molar-refractivity contribution is 5.77. The summed E-state index contributed by atoms with van der Waals surface area (Å²) in [5.74, 6) is -0.740. The van der Waals surface area contributed by atoms with Crippen molar-refractivity contribution in [1.82, 2.24) is 14.9 Å². The molecule has 0 saturated carbocycles. The van der Waals surface area contributed by atoms with Crippen LogP contribution in [0, 0.1) is 6.92 Å². The number of halogens is 2. The van der Waals surface area contributed by atoms with Gasteiger partial charge in [-0.15, -0.1) is 0 Å². The van der Waals surface area contributed by atoms with Gasteiger partial charge in [0.15, 0.2) is 0 Å². The Balaban J connectivity index is 1.53. The number of anilines is 2. The number of aryl methyl sites for hydroxylation is 1. The SMILES string of the molecule is Cc1nc(N2C[C@H](N)[C@@H](N3CCCCC3=O)C2)cc(N2CCCC(F)(F)C2)n1. The Hall–Kier alpha value is -2.03. The van der Waals surface area contributed by atoms with E-state index in [2.05, 4.69) is 14.9 Å². The highest BCUT2D eigenvalue weighted by Crippen LogP contribution is 2.31. The molecule has 3 aliphatic rings. The zero-order valence-corrected chi connectivity index (χ0v) is 16.3. The average Bonchev–Trinajstić information content (AvgIpc) is 3.02. The van der Waals surface area contributed by atoms with E-state index in [0.29, 0.717) is 49.9 Å². The van der Waals surface area contributed by atoms with Gasteiger partial charge in [-0.05, 0) is 26.2 Å². The van der Waals surface area contributed by atoms with E-state index in [1.807, 2.05) is 4.90 Å². The van der Waals surface area contributed by atoms with Crippen molar-refractivity contribution in [1.29, 1.82) is 0 Å². The van der Waals surface area contributed by atoms with E-state index < -0.39 is 5.92 Å². The molecule has 0 aliphatic carbocycles. The number of piperidine rings is 2. The third kappa shape index (κ3) is 3.90. The van der Waals surface area contributed by atoms with E-state index in [1.165, 1.54) is 0 Å². The highest BCUT2D eigenvalue weighted by Gasteiger charge is 2.39. The molecule has 0 bridgehead atoms. The van der Waals surface area contributed by atoms with Gasteiger partial charge in [-0.2, -0.15) is 0 Å². The number of hydrogen-bond acceptors (Lipinski definition) is 6. The van der Waals surface area contributed by atoms with Crippen LogP contribution < -0.4 is 15.5 Å². The Morgan fingerprint density at radius 2 is 1.86 bits per heavy atom. The van der Waals surface area contributed by atoms with Crippen molar-refractivity contribution in [2.24, 2.45) is 5.73 Å². The van der Waals surface area contributed by atoms with Crippen molar-refractivity contribution in [3.8, 4) is 0 Å². The molecule has 4 heterocycles. The predicted molar refractivity (Wildman–Crippen MR) is 103 cm³/mol. The minimum atomic E-state index is -2.69. The third-order valence-electron chi connectivity index (χ3n) is 5.94. The van der Waals surface area contributed by atoms with E-state index in [4.69, 9.17) is 5.73 Å². The predicted octanol–water partition coefficient (Wildman–Crippen LogP) is 1.55. The molecule has 3 aliphatic heterocycles. The van der Waals surface area contributed by atoms with Crippen molar-refractivity contribution in [3.05, 3.63) is 11.9 Å². The Kier molecular flexibility index (Phi) is 5.11. The van der Waals surface area contributed by atoms with Gasteiger partial charge < -0.3 is 20.4 Å². The molecular formula is C19H28F2N6O. The zero-order chi connectivity index (χ0) is 19.9. The molecule has 0 radical (unpaired) electrons. The van der Waals surface area contributed by atoms with Crippen LogP contribution in [0.2, 0.25) is 0 Å². The summed E-state index contributed by atoms with van der Waals surface area (Å²) >= 11 is 0. The van der Waals surface area contributed by atoms with Crippen LogP contribution in [-0.2, 0) is 4.79 Å². The molecule has 2 atom stereocenters. The monoisotopic (exact) mass is 394 g/mol. The Morgan fingerprint density at radius 1 is 1.11 bits per heavy atom. The molecule has 28 heavy (non-hydrogen) atoms. The van der Waals surface area contributed by atoms with Crippen LogP contribution in [0.15, 0.2) is 6.07 Å². The number of aromatic nitrogens is 2. The van der Waals surface area contributed by atoms with Gasteiger partial charge in [0.1, 0.15) is 17.5 Å². The van der Waals surface area contributed by atoms with Crippen molar-refractivity contribution in [2.45, 2.75) is 57.0 Å². The normalized spacial score (nSPS) is 28.1. The Bertz CT molecular complexity index is 745. The van der Waals surface area contributed by atoms with Crippen LogP contribution in [0.1, 0.15) is 37.9 Å². The number of nitrogens with zero attached hydrogens (tertiary/aromatic N) is 5. The molecule has 9 heteroatoms. The lowest BCUT2D eigenvalue weighted by Crippen LogP contribution is -2.51. The second kappa shape index (κ2) is 7.42. The third-order valence-corrected chi connectivity index (χ3v) is 5.94. The molecule has 1 amide bonds. The fraction of sp³-hybridized carbons (Fsp3) is 0.737. The molecule has 0 aromatic carbocycles. The van der Waals surface area contributed by atoms with Crippen LogP contribution in [0.4, 0.5) is 20.4 Å². The standard InChI is InChI=1S/C19H28F2N6O/c1-13-23-16(25-7-4-6-19(20,21)12-25)9-17(24-13)26-10-14(22)15(11-26)27-8-3-2-5-18(27)28/h9,14-15H,2-8,10-12,22H2,1H3/t14-,15-/m0/s1. The number of carbonyl (C=O) groups is 1. The number of amides is 1. The smallest absolute Gasteiger partial charge is 0.265 e. The Morgan fingerprint density at radius 3 is 2.57 bits per heavy atom. The highest BCUT2D eigenvalue weighted by atomic mass is 19.3. The van der Waals surface area contributed by atoms with Gasteiger partial charge in [0.05, 0.1) is 12.6 Å². The lowest BCUT2D eigenvalue weighted by Gasteiger charge is -2.34. The molecule has 0 spiro atoms. The maximum absolute atomic E-state index is 13.8. The summed E-state index contributed by atoms with van der Waals surface area (Å²) in [5, 5.41) is 0. The molecule has 3 saturated heterocycles. The fourth-order valence-corrected chi connectivity index (χ4v) is 4.53. The van der Waals surface area contributed by atoms with Gasteiger partial charge in [-0.25, -0.2) is 18.7 Å². The number of hydrogen-bond donors (Lipinski definition) is 1. The number of likely N-dealkylation sites (tertiary alicyclic amines) is 1. The summed E-state index contributed by atoms with van der Waals surface area (Å²) in [4.78, 5) is 26.8.